The average Bonchev–Trinajstić information content (AvgIpc) is 3.21. The lowest BCUT2D eigenvalue weighted by molar-refractivity contribution is 0.357. The van der Waals surface area contributed by atoms with E-state index in [-0.39, 0.29) is 12.1 Å². The molecule has 1 aromatic carbocycles. The fourth-order valence-corrected chi connectivity index (χ4v) is 3.72. The van der Waals surface area contributed by atoms with E-state index in [1.165, 1.54) is 11.3 Å². The molecule has 3 heterocycles. The fraction of sp³-hybridized carbons (Fsp3) is 0.200. The van der Waals surface area contributed by atoms with Crippen molar-refractivity contribution < 1.29 is 0 Å². The second kappa shape index (κ2) is 6.33. The number of hydrogen-bond acceptors (Lipinski definition) is 2. The smallest absolute Gasteiger partial charge is 0.169 e. The lowest BCUT2D eigenvalue weighted by atomic mass is 10.0. The van der Waals surface area contributed by atoms with E-state index in [1.54, 1.807) is 0 Å². The van der Waals surface area contributed by atoms with Gasteiger partial charge in [0.1, 0.15) is 0 Å². The molecule has 0 aliphatic carbocycles. The summed E-state index contributed by atoms with van der Waals surface area (Å²) >= 11 is 5.53. The Balaban J connectivity index is 1.80. The predicted octanol–water partition coefficient (Wildman–Crippen LogP) is 3.78. The fourth-order valence-electron chi connectivity index (χ4n) is 3.48. The molecule has 0 spiro atoms. The number of nitrogens with one attached hydrogen (secondary N) is 1. The topological polar surface area (TPSA) is 33.1 Å². The van der Waals surface area contributed by atoms with Crippen LogP contribution in [-0.4, -0.2) is 26.6 Å². The van der Waals surface area contributed by atoms with Crippen LogP contribution in [0.1, 0.15) is 29.0 Å². The third kappa shape index (κ3) is 2.81. The highest BCUT2D eigenvalue weighted by molar-refractivity contribution is 7.80. The van der Waals surface area contributed by atoms with E-state index in [9.17, 15) is 0 Å². The molecule has 1 saturated heterocycles. The molecule has 25 heavy (non-hydrogen) atoms. The molecular formula is C20H20N4S. The summed E-state index contributed by atoms with van der Waals surface area (Å²) in [5.74, 6) is 0. The molecule has 1 aliphatic rings. The van der Waals surface area contributed by atoms with Crippen molar-refractivity contribution in [1.82, 2.24) is 19.8 Å². The second-order valence-electron chi connectivity index (χ2n) is 6.38. The van der Waals surface area contributed by atoms with E-state index < -0.39 is 0 Å². The highest BCUT2D eigenvalue weighted by atomic mass is 32.1. The first-order valence-corrected chi connectivity index (χ1v) is 8.74. The van der Waals surface area contributed by atoms with E-state index in [4.69, 9.17) is 12.2 Å². The quantitative estimate of drug-likeness (QED) is 0.730. The van der Waals surface area contributed by atoms with Gasteiger partial charge in [-0.2, -0.15) is 0 Å². The lowest BCUT2D eigenvalue weighted by Gasteiger charge is -2.25. The molecule has 2 aromatic heterocycles. The molecule has 2 atom stereocenters. The molecule has 4 rings (SSSR count). The molecule has 0 saturated carbocycles. The summed E-state index contributed by atoms with van der Waals surface area (Å²) in [6.07, 6.45) is 3.93. The summed E-state index contributed by atoms with van der Waals surface area (Å²) in [7, 11) is 2.04. The molecule has 1 N–H and O–H groups in total. The van der Waals surface area contributed by atoms with Crippen LogP contribution < -0.4 is 5.32 Å². The van der Waals surface area contributed by atoms with Gasteiger partial charge < -0.3 is 14.8 Å². The largest absolute Gasteiger partial charge is 0.352 e. The molecule has 3 aromatic rings. The number of pyridine rings is 1. The summed E-state index contributed by atoms with van der Waals surface area (Å²) < 4.78 is 2.24. The third-order valence-electron chi connectivity index (χ3n) is 4.70. The molecule has 0 radical (unpaired) electrons. The molecule has 0 unspecified atom stereocenters. The van der Waals surface area contributed by atoms with Crippen molar-refractivity contribution in [2.75, 3.05) is 7.05 Å². The minimum atomic E-state index is 0.0251. The number of aryl methyl sites for hydroxylation is 1. The van der Waals surface area contributed by atoms with Gasteiger partial charge in [-0.1, -0.05) is 18.2 Å². The standard InChI is InChI=1S/C20H20N4S/c1-14-7-5-8-15(13-14)24-12-6-10-17(24)19-18(22-20(25)23(19)2)16-9-3-4-11-21-16/h3-13,18-19H,1-2H3,(H,22,25)/t18-,19+/m0/s1. The number of likely N-dealkylation sites (N-methyl/N-ethyl adjacent to an activating group) is 1. The zero-order valence-electron chi connectivity index (χ0n) is 14.3. The van der Waals surface area contributed by atoms with E-state index in [0.717, 1.165) is 16.5 Å². The Kier molecular flexibility index (Phi) is 4.01. The zero-order valence-corrected chi connectivity index (χ0v) is 15.1. The first kappa shape index (κ1) is 15.8. The van der Waals surface area contributed by atoms with Crippen LogP contribution in [0.3, 0.4) is 0 Å². The number of benzene rings is 1. The van der Waals surface area contributed by atoms with Crippen molar-refractivity contribution in [2.45, 2.75) is 19.0 Å². The predicted molar refractivity (Wildman–Crippen MR) is 104 cm³/mol. The van der Waals surface area contributed by atoms with Crippen molar-refractivity contribution in [1.29, 1.82) is 0 Å². The minimum Gasteiger partial charge on any atom is -0.352 e. The maximum atomic E-state index is 5.53. The van der Waals surface area contributed by atoms with E-state index in [1.807, 2.05) is 31.4 Å². The molecule has 126 valence electrons. The van der Waals surface area contributed by atoms with Crippen LogP contribution in [0.15, 0.2) is 67.0 Å². The Hall–Kier alpha value is -2.66. The van der Waals surface area contributed by atoms with Crippen LogP contribution in [0, 0.1) is 6.92 Å². The van der Waals surface area contributed by atoms with Crippen LogP contribution in [0.5, 0.6) is 0 Å². The number of rotatable bonds is 3. The van der Waals surface area contributed by atoms with Gasteiger partial charge in [0.05, 0.1) is 17.8 Å². The summed E-state index contributed by atoms with van der Waals surface area (Å²) in [5, 5.41) is 4.18. The Labute approximate surface area is 153 Å². The summed E-state index contributed by atoms with van der Waals surface area (Å²) in [6, 6.07) is 18.9. The third-order valence-corrected chi connectivity index (χ3v) is 5.11. The maximum absolute atomic E-state index is 5.53. The van der Waals surface area contributed by atoms with Crippen molar-refractivity contribution in [3.05, 3.63) is 83.9 Å². The van der Waals surface area contributed by atoms with Gasteiger partial charge in [-0.3, -0.25) is 4.98 Å². The average molecular weight is 348 g/mol. The summed E-state index contributed by atoms with van der Waals surface area (Å²) in [6.45, 7) is 2.11. The van der Waals surface area contributed by atoms with E-state index in [2.05, 4.69) is 69.3 Å². The number of nitrogens with zero attached hydrogens (tertiary/aromatic N) is 3. The summed E-state index contributed by atoms with van der Waals surface area (Å²) in [5.41, 5.74) is 4.59. The monoisotopic (exact) mass is 348 g/mol. The van der Waals surface area contributed by atoms with Crippen molar-refractivity contribution >= 4 is 17.3 Å². The number of hydrogen-bond donors (Lipinski definition) is 1. The molecule has 1 fully saturated rings. The lowest BCUT2D eigenvalue weighted by Crippen LogP contribution is -2.25. The zero-order chi connectivity index (χ0) is 17.4. The van der Waals surface area contributed by atoms with Crippen molar-refractivity contribution in [3.63, 3.8) is 0 Å². The normalized spacial score (nSPS) is 19.9. The van der Waals surface area contributed by atoms with Gasteiger partial charge in [-0.25, -0.2) is 0 Å². The Morgan fingerprint density at radius 2 is 1.96 bits per heavy atom. The highest BCUT2D eigenvalue weighted by Gasteiger charge is 2.39. The molecule has 0 amide bonds. The van der Waals surface area contributed by atoms with Crippen molar-refractivity contribution in [2.24, 2.45) is 0 Å². The van der Waals surface area contributed by atoms with E-state index in [0.29, 0.717) is 0 Å². The Morgan fingerprint density at radius 1 is 1.08 bits per heavy atom. The van der Waals surface area contributed by atoms with Gasteiger partial charge in [0.25, 0.3) is 0 Å². The van der Waals surface area contributed by atoms with Gasteiger partial charge >= 0.3 is 0 Å². The van der Waals surface area contributed by atoms with Crippen molar-refractivity contribution in [3.8, 4) is 5.69 Å². The molecule has 4 nitrogen and oxygen atoms in total. The van der Waals surface area contributed by atoms with Crippen LogP contribution in [0.2, 0.25) is 0 Å². The van der Waals surface area contributed by atoms with Crippen LogP contribution in [-0.2, 0) is 0 Å². The Bertz CT molecular complexity index is 903. The van der Waals surface area contributed by atoms with Gasteiger partial charge in [-0.05, 0) is 61.1 Å². The molecule has 5 heteroatoms. The maximum Gasteiger partial charge on any atom is 0.169 e. The Morgan fingerprint density at radius 3 is 2.72 bits per heavy atom. The van der Waals surface area contributed by atoms with Gasteiger partial charge in [0.2, 0.25) is 0 Å². The second-order valence-corrected chi connectivity index (χ2v) is 6.77. The molecule has 0 bridgehead atoms. The SMILES string of the molecule is Cc1cccc(-n2cccc2[C@@H]2[C@H](c3ccccn3)NC(=S)N2C)c1. The van der Waals surface area contributed by atoms with Gasteiger partial charge in [0.15, 0.2) is 5.11 Å². The van der Waals surface area contributed by atoms with Crippen LogP contribution in [0.25, 0.3) is 5.69 Å². The van der Waals surface area contributed by atoms with E-state index >= 15 is 0 Å². The van der Waals surface area contributed by atoms with Gasteiger partial charge in [0, 0.05) is 30.8 Å². The first-order chi connectivity index (χ1) is 12.1. The minimum absolute atomic E-state index is 0.0251. The van der Waals surface area contributed by atoms with Gasteiger partial charge in [-0.15, -0.1) is 0 Å². The number of aromatic nitrogens is 2. The highest BCUT2D eigenvalue weighted by Crippen LogP contribution is 2.38. The molecular weight excluding hydrogens is 328 g/mol. The van der Waals surface area contributed by atoms with Crippen LogP contribution >= 0.6 is 12.2 Å². The first-order valence-electron chi connectivity index (χ1n) is 8.34. The number of thiocarbonyl (C=S) groups is 1. The van der Waals surface area contributed by atoms with Crippen LogP contribution in [0.4, 0.5) is 0 Å². The summed E-state index contributed by atoms with van der Waals surface area (Å²) in [4.78, 5) is 6.67. The molecule has 1 aliphatic heterocycles.